The molecule has 0 saturated heterocycles. The number of hydrogen-bond donors (Lipinski definition) is 1. The maximum Gasteiger partial charge on any atom is 0.343 e. The van der Waals surface area contributed by atoms with Gasteiger partial charge in [-0.2, -0.15) is 0 Å². The van der Waals surface area contributed by atoms with Gasteiger partial charge >= 0.3 is 5.97 Å². The maximum atomic E-state index is 12.8. The van der Waals surface area contributed by atoms with Gasteiger partial charge in [0.1, 0.15) is 22.9 Å². The fourth-order valence-electron chi connectivity index (χ4n) is 4.26. The number of imidazole rings is 1. The maximum absolute atomic E-state index is 12.8. The van der Waals surface area contributed by atoms with E-state index in [0.29, 0.717) is 22.4 Å². The molecule has 5 nitrogen and oxygen atoms in total. The quantitative estimate of drug-likeness (QED) is 0.277. The van der Waals surface area contributed by atoms with E-state index in [2.05, 4.69) is 9.72 Å². The van der Waals surface area contributed by atoms with Gasteiger partial charge in [-0.15, -0.1) is 0 Å². The predicted molar refractivity (Wildman–Crippen MR) is 128 cm³/mol. The zero-order valence-corrected chi connectivity index (χ0v) is 18.4. The Morgan fingerprint density at radius 3 is 2.53 bits per heavy atom. The monoisotopic (exact) mass is 445 g/mol. The molecule has 0 amide bonds. The zero-order valence-electron chi connectivity index (χ0n) is 17.6. The summed E-state index contributed by atoms with van der Waals surface area (Å²) in [7, 11) is 0. The van der Waals surface area contributed by atoms with Crippen molar-refractivity contribution in [1.29, 1.82) is 0 Å². The molecule has 1 N–H and O–H groups in total. The number of rotatable bonds is 5. The standard InChI is InChI=1S/C26H24ClN3O2/c27-19-15-13-18(14-16-19)26(31)32-22-11-5-4-10-21(22)24-25(28-20-8-2-1-3-9-20)30-17-7-6-12-23(30)29-24/h4-7,10-17,20,28H,1-3,8-9H2. The number of pyridine rings is 1. The van der Waals surface area contributed by atoms with E-state index in [1.165, 1.54) is 19.3 Å². The first-order valence-corrected chi connectivity index (χ1v) is 11.4. The molecule has 0 bridgehead atoms. The molecule has 1 aliphatic rings. The molecule has 0 aliphatic heterocycles. The van der Waals surface area contributed by atoms with E-state index >= 15 is 0 Å². The third-order valence-electron chi connectivity index (χ3n) is 5.90. The third-order valence-corrected chi connectivity index (χ3v) is 6.15. The lowest BCUT2D eigenvalue weighted by Gasteiger charge is -2.24. The zero-order chi connectivity index (χ0) is 21.9. The van der Waals surface area contributed by atoms with Crippen molar-refractivity contribution < 1.29 is 9.53 Å². The second kappa shape index (κ2) is 9.05. The lowest BCUT2D eigenvalue weighted by molar-refractivity contribution is 0.0735. The predicted octanol–water partition coefficient (Wildman–Crippen LogP) is 6.62. The molecule has 0 unspecified atom stereocenters. The van der Waals surface area contributed by atoms with Gasteiger partial charge in [-0.25, -0.2) is 9.78 Å². The highest BCUT2D eigenvalue weighted by Gasteiger charge is 2.22. The average Bonchev–Trinajstić information content (AvgIpc) is 3.19. The van der Waals surface area contributed by atoms with Crippen LogP contribution in [0.2, 0.25) is 5.02 Å². The van der Waals surface area contributed by atoms with Crippen LogP contribution in [0.25, 0.3) is 16.9 Å². The van der Waals surface area contributed by atoms with Gasteiger partial charge in [-0.05, 0) is 61.4 Å². The number of nitrogens with zero attached hydrogens (tertiary/aromatic N) is 2. The minimum atomic E-state index is -0.431. The molecular weight excluding hydrogens is 422 g/mol. The van der Waals surface area contributed by atoms with Crippen LogP contribution < -0.4 is 10.1 Å². The number of hydrogen-bond acceptors (Lipinski definition) is 4. The number of aromatic nitrogens is 2. The molecule has 162 valence electrons. The van der Waals surface area contributed by atoms with Gasteiger partial charge in [0.2, 0.25) is 0 Å². The molecular formula is C26H24ClN3O2. The van der Waals surface area contributed by atoms with Crippen LogP contribution in [0.3, 0.4) is 0 Å². The Morgan fingerprint density at radius 1 is 0.969 bits per heavy atom. The van der Waals surface area contributed by atoms with Crippen LogP contribution in [0, 0.1) is 0 Å². The highest BCUT2D eigenvalue weighted by Crippen LogP contribution is 2.37. The summed E-state index contributed by atoms with van der Waals surface area (Å²) in [5.41, 5.74) is 2.84. The number of anilines is 1. The van der Waals surface area contributed by atoms with Crippen molar-refractivity contribution in [2.45, 2.75) is 38.1 Å². The summed E-state index contributed by atoms with van der Waals surface area (Å²) >= 11 is 5.95. The van der Waals surface area contributed by atoms with Crippen LogP contribution in [-0.4, -0.2) is 21.4 Å². The molecule has 4 aromatic rings. The van der Waals surface area contributed by atoms with Crippen molar-refractivity contribution in [3.05, 3.63) is 83.5 Å². The summed E-state index contributed by atoms with van der Waals surface area (Å²) < 4.78 is 7.88. The van der Waals surface area contributed by atoms with Crippen molar-refractivity contribution in [3.63, 3.8) is 0 Å². The van der Waals surface area contributed by atoms with Crippen molar-refractivity contribution in [2.24, 2.45) is 0 Å². The Morgan fingerprint density at radius 2 is 1.72 bits per heavy atom. The van der Waals surface area contributed by atoms with E-state index in [9.17, 15) is 4.79 Å². The molecule has 1 saturated carbocycles. The van der Waals surface area contributed by atoms with Crippen LogP contribution >= 0.6 is 11.6 Å². The molecule has 2 aromatic carbocycles. The van der Waals surface area contributed by atoms with E-state index in [1.54, 1.807) is 30.3 Å². The lowest BCUT2D eigenvalue weighted by atomic mass is 9.95. The van der Waals surface area contributed by atoms with Gasteiger partial charge in [0.25, 0.3) is 0 Å². The summed E-state index contributed by atoms with van der Waals surface area (Å²) in [5.74, 6) is 0.977. The Balaban J connectivity index is 1.53. The molecule has 2 heterocycles. The number of esters is 1. The smallest absolute Gasteiger partial charge is 0.343 e. The minimum Gasteiger partial charge on any atom is -0.422 e. The van der Waals surface area contributed by atoms with Crippen LogP contribution in [0.4, 0.5) is 5.82 Å². The Labute approximate surface area is 192 Å². The summed E-state index contributed by atoms with van der Waals surface area (Å²) in [6.07, 6.45) is 8.07. The molecule has 6 heteroatoms. The van der Waals surface area contributed by atoms with Crippen LogP contribution in [0.15, 0.2) is 72.9 Å². The van der Waals surface area contributed by atoms with Crippen LogP contribution in [0.1, 0.15) is 42.5 Å². The van der Waals surface area contributed by atoms with Gasteiger partial charge in [0.15, 0.2) is 0 Å². The fraction of sp³-hybridized carbons (Fsp3) is 0.231. The van der Waals surface area contributed by atoms with E-state index in [0.717, 1.165) is 35.6 Å². The topological polar surface area (TPSA) is 55.6 Å². The van der Waals surface area contributed by atoms with Crippen molar-refractivity contribution >= 4 is 29.0 Å². The molecule has 32 heavy (non-hydrogen) atoms. The molecule has 1 aliphatic carbocycles. The summed E-state index contributed by atoms with van der Waals surface area (Å²) in [6.45, 7) is 0. The van der Waals surface area contributed by atoms with Gasteiger partial charge in [0, 0.05) is 22.8 Å². The normalized spacial score (nSPS) is 14.4. The molecule has 1 fully saturated rings. The number of halogens is 1. The SMILES string of the molecule is O=C(Oc1ccccc1-c1nc2ccccn2c1NC1CCCCC1)c1ccc(Cl)cc1. The number of fused-ring (bicyclic) bond motifs is 1. The largest absolute Gasteiger partial charge is 0.422 e. The second-order valence-electron chi connectivity index (χ2n) is 8.11. The first kappa shape index (κ1) is 20.6. The third kappa shape index (κ3) is 4.21. The van der Waals surface area contributed by atoms with Crippen LogP contribution in [-0.2, 0) is 0 Å². The second-order valence-corrected chi connectivity index (χ2v) is 8.55. The Kier molecular flexibility index (Phi) is 5.82. The van der Waals surface area contributed by atoms with Crippen molar-refractivity contribution in [1.82, 2.24) is 9.38 Å². The van der Waals surface area contributed by atoms with E-state index < -0.39 is 5.97 Å². The van der Waals surface area contributed by atoms with E-state index in [1.807, 2.05) is 42.6 Å². The van der Waals surface area contributed by atoms with Gasteiger partial charge in [0.05, 0.1) is 5.56 Å². The van der Waals surface area contributed by atoms with E-state index in [-0.39, 0.29) is 0 Å². The number of para-hydroxylation sites is 1. The first-order chi connectivity index (χ1) is 15.7. The van der Waals surface area contributed by atoms with Gasteiger partial charge in [-0.1, -0.05) is 49.1 Å². The number of nitrogens with one attached hydrogen (secondary N) is 1. The highest BCUT2D eigenvalue weighted by molar-refractivity contribution is 6.30. The molecule has 0 radical (unpaired) electrons. The summed E-state index contributed by atoms with van der Waals surface area (Å²) in [6, 6.07) is 20.6. The summed E-state index contributed by atoms with van der Waals surface area (Å²) in [5, 5.41) is 4.31. The lowest BCUT2D eigenvalue weighted by Crippen LogP contribution is -2.23. The van der Waals surface area contributed by atoms with Crippen molar-refractivity contribution in [3.8, 4) is 17.0 Å². The fourth-order valence-corrected chi connectivity index (χ4v) is 4.38. The van der Waals surface area contributed by atoms with Gasteiger partial charge < -0.3 is 10.1 Å². The molecule has 5 rings (SSSR count). The number of ether oxygens (including phenoxy) is 1. The molecule has 0 atom stereocenters. The Hall–Kier alpha value is -3.31. The number of carbonyl (C=O) groups is 1. The summed E-state index contributed by atoms with van der Waals surface area (Å²) in [4.78, 5) is 17.7. The molecule has 2 aromatic heterocycles. The average molecular weight is 446 g/mol. The van der Waals surface area contributed by atoms with Gasteiger partial charge in [-0.3, -0.25) is 4.40 Å². The first-order valence-electron chi connectivity index (χ1n) is 11.0. The van der Waals surface area contributed by atoms with Crippen LogP contribution in [0.5, 0.6) is 5.75 Å². The minimum absolute atomic E-state index is 0.409. The van der Waals surface area contributed by atoms with E-state index in [4.69, 9.17) is 21.3 Å². The van der Waals surface area contributed by atoms with Crippen molar-refractivity contribution in [2.75, 3.05) is 5.32 Å². The Bertz CT molecular complexity index is 1240. The number of benzene rings is 2. The number of carbonyl (C=O) groups excluding carboxylic acids is 1. The highest BCUT2D eigenvalue weighted by atomic mass is 35.5. The molecule has 0 spiro atoms.